The van der Waals surface area contributed by atoms with Gasteiger partial charge in [-0.25, -0.2) is 0 Å². The molecule has 0 aromatic rings. The topological polar surface area (TPSA) is 27.0 Å². The first kappa shape index (κ1) is 9.27. The normalized spacial score (nSPS) is 22.8. The Bertz CT molecular complexity index is 177. The fourth-order valence-electron chi connectivity index (χ4n) is 1.30. The maximum atomic E-state index is 8.52. The van der Waals surface area contributed by atoms with Gasteiger partial charge >= 0.3 is 0 Å². The highest BCUT2D eigenvalue weighted by Crippen LogP contribution is 2.34. The van der Waals surface area contributed by atoms with Gasteiger partial charge in [0.2, 0.25) is 0 Å². The Hall–Kier alpha value is 0.180. The van der Waals surface area contributed by atoms with Crippen molar-refractivity contribution in [2.75, 3.05) is 13.1 Å². The number of alkyl halides is 1. The predicted molar refractivity (Wildman–Crippen MR) is 53.7 cm³/mol. The first-order valence-corrected chi connectivity index (χ1v) is 4.95. The van der Waals surface area contributed by atoms with E-state index in [9.17, 15) is 0 Å². The van der Waals surface area contributed by atoms with E-state index in [1.165, 1.54) is 0 Å². The zero-order valence-electron chi connectivity index (χ0n) is 6.97. The quantitative estimate of drug-likeness (QED) is 0.561. The molecule has 0 aliphatic carbocycles. The molecule has 0 aromatic carbocycles. The summed E-state index contributed by atoms with van der Waals surface area (Å²) >= 11 is 2.41. The summed E-state index contributed by atoms with van der Waals surface area (Å²) in [6, 6.07) is 2.87. The van der Waals surface area contributed by atoms with Crippen LogP contribution in [0.25, 0.3) is 0 Å². The van der Waals surface area contributed by atoms with E-state index in [0.29, 0.717) is 12.5 Å². The summed E-state index contributed by atoms with van der Waals surface area (Å²) in [7, 11) is 0. The van der Waals surface area contributed by atoms with Crippen LogP contribution < -0.4 is 0 Å². The summed E-state index contributed by atoms with van der Waals surface area (Å²) in [4.78, 5) is 2.39. The molecule has 1 aliphatic rings. The Morgan fingerprint density at radius 3 is 2.55 bits per heavy atom. The molecule has 1 aliphatic heterocycles. The monoisotopic (exact) mass is 264 g/mol. The van der Waals surface area contributed by atoms with Gasteiger partial charge in [0.05, 0.1) is 15.9 Å². The Kier molecular flexibility index (Phi) is 2.76. The lowest BCUT2D eigenvalue weighted by molar-refractivity contribution is 0.103. The number of hydrogen-bond acceptors (Lipinski definition) is 2. The predicted octanol–water partition coefficient (Wildman–Crippen LogP) is 1.80. The van der Waals surface area contributed by atoms with Gasteiger partial charge in [-0.2, -0.15) is 5.26 Å². The zero-order chi connectivity index (χ0) is 8.48. The van der Waals surface area contributed by atoms with Crippen LogP contribution in [0, 0.1) is 11.3 Å². The molecule has 0 radical (unpaired) electrons. The molecule has 1 saturated heterocycles. The standard InChI is InChI=1S/C8H13IN2/c1-7(2)11-5-8(9,6-11)3-4-10/h7H,3,5-6H2,1-2H3. The molecule has 2 nitrogen and oxygen atoms in total. The van der Waals surface area contributed by atoms with Crippen LogP contribution in [0.5, 0.6) is 0 Å². The van der Waals surface area contributed by atoms with Crippen LogP contribution in [0.15, 0.2) is 0 Å². The molecule has 1 rings (SSSR count). The van der Waals surface area contributed by atoms with Gasteiger partial charge in [0, 0.05) is 19.1 Å². The fraction of sp³-hybridized carbons (Fsp3) is 0.875. The van der Waals surface area contributed by atoms with Crippen LogP contribution in [0.2, 0.25) is 0 Å². The van der Waals surface area contributed by atoms with E-state index < -0.39 is 0 Å². The molecule has 0 atom stereocenters. The molecule has 3 heteroatoms. The molecule has 1 heterocycles. The van der Waals surface area contributed by atoms with Gasteiger partial charge in [0.15, 0.2) is 0 Å². The fourth-order valence-corrected chi connectivity index (χ4v) is 2.35. The van der Waals surface area contributed by atoms with E-state index in [0.717, 1.165) is 13.1 Å². The van der Waals surface area contributed by atoms with Crippen molar-refractivity contribution in [1.82, 2.24) is 4.90 Å². The maximum Gasteiger partial charge on any atom is 0.0636 e. The summed E-state index contributed by atoms with van der Waals surface area (Å²) in [5.74, 6) is 0. The molecular formula is C8H13IN2. The highest BCUT2D eigenvalue weighted by atomic mass is 127. The second-order valence-electron chi connectivity index (χ2n) is 3.48. The van der Waals surface area contributed by atoms with Crippen molar-refractivity contribution in [1.29, 1.82) is 5.26 Å². The van der Waals surface area contributed by atoms with Gasteiger partial charge in [0.25, 0.3) is 0 Å². The minimum absolute atomic E-state index is 0.261. The third kappa shape index (κ3) is 2.06. The van der Waals surface area contributed by atoms with Gasteiger partial charge in [0.1, 0.15) is 0 Å². The lowest BCUT2D eigenvalue weighted by Crippen LogP contribution is -2.59. The number of halogens is 1. The van der Waals surface area contributed by atoms with Crippen molar-refractivity contribution in [3.05, 3.63) is 0 Å². The Morgan fingerprint density at radius 1 is 1.64 bits per heavy atom. The summed E-state index contributed by atoms with van der Waals surface area (Å²) in [5.41, 5.74) is 0. The van der Waals surface area contributed by atoms with E-state index in [1.807, 2.05) is 0 Å². The summed E-state index contributed by atoms with van der Waals surface area (Å²) < 4.78 is 0.261. The lowest BCUT2D eigenvalue weighted by atomic mass is 9.95. The summed E-state index contributed by atoms with van der Waals surface area (Å²) in [5, 5.41) is 8.52. The van der Waals surface area contributed by atoms with E-state index in [2.05, 4.69) is 47.4 Å². The van der Waals surface area contributed by atoms with Gasteiger partial charge in [-0.05, 0) is 13.8 Å². The minimum atomic E-state index is 0.261. The molecule has 0 unspecified atom stereocenters. The molecule has 0 amide bonds. The molecule has 11 heavy (non-hydrogen) atoms. The Morgan fingerprint density at radius 2 is 2.18 bits per heavy atom. The third-order valence-electron chi connectivity index (χ3n) is 2.10. The largest absolute Gasteiger partial charge is 0.298 e. The van der Waals surface area contributed by atoms with Crippen LogP contribution >= 0.6 is 22.6 Å². The van der Waals surface area contributed by atoms with E-state index in [1.54, 1.807) is 0 Å². The zero-order valence-corrected chi connectivity index (χ0v) is 9.13. The molecule has 0 saturated carbocycles. The average Bonchev–Trinajstić information content (AvgIpc) is 1.82. The summed E-state index contributed by atoms with van der Waals surface area (Å²) in [6.07, 6.45) is 0.691. The van der Waals surface area contributed by atoms with E-state index >= 15 is 0 Å². The number of nitriles is 1. The molecule has 0 spiro atoms. The molecule has 62 valence electrons. The second-order valence-corrected chi connectivity index (χ2v) is 5.77. The Labute approximate surface area is 81.7 Å². The van der Waals surface area contributed by atoms with Crippen LogP contribution in [0.4, 0.5) is 0 Å². The van der Waals surface area contributed by atoms with Crippen molar-refractivity contribution >= 4 is 22.6 Å². The molecule has 1 fully saturated rings. The average molecular weight is 264 g/mol. The first-order valence-electron chi connectivity index (χ1n) is 3.87. The highest BCUT2D eigenvalue weighted by molar-refractivity contribution is 14.1. The van der Waals surface area contributed by atoms with Gasteiger partial charge < -0.3 is 0 Å². The molecule has 0 bridgehead atoms. The van der Waals surface area contributed by atoms with Crippen molar-refractivity contribution in [2.45, 2.75) is 29.7 Å². The van der Waals surface area contributed by atoms with Gasteiger partial charge in [-0.15, -0.1) is 0 Å². The van der Waals surface area contributed by atoms with Crippen molar-refractivity contribution < 1.29 is 0 Å². The lowest BCUT2D eigenvalue weighted by Gasteiger charge is -2.47. The molecule has 0 N–H and O–H groups in total. The highest BCUT2D eigenvalue weighted by Gasteiger charge is 2.41. The van der Waals surface area contributed by atoms with E-state index in [4.69, 9.17) is 5.26 Å². The number of nitrogens with zero attached hydrogens (tertiary/aromatic N) is 2. The van der Waals surface area contributed by atoms with Crippen LogP contribution in [-0.2, 0) is 0 Å². The van der Waals surface area contributed by atoms with Crippen molar-refractivity contribution in [2.24, 2.45) is 0 Å². The summed E-state index contributed by atoms with van der Waals surface area (Å²) in [6.45, 7) is 6.56. The smallest absolute Gasteiger partial charge is 0.0636 e. The SMILES string of the molecule is CC(C)N1CC(I)(CC#N)C1. The Balaban J connectivity index is 2.33. The van der Waals surface area contributed by atoms with Gasteiger partial charge in [-0.3, -0.25) is 4.90 Å². The van der Waals surface area contributed by atoms with Crippen LogP contribution in [-0.4, -0.2) is 27.5 Å². The maximum absolute atomic E-state index is 8.52. The van der Waals surface area contributed by atoms with E-state index in [-0.39, 0.29) is 3.42 Å². The molecular weight excluding hydrogens is 251 g/mol. The second kappa shape index (κ2) is 3.28. The third-order valence-corrected chi connectivity index (χ3v) is 3.16. The van der Waals surface area contributed by atoms with Gasteiger partial charge in [-0.1, -0.05) is 22.6 Å². The van der Waals surface area contributed by atoms with Crippen molar-refractivity contribution in [3.63, 3.8) is 0 Å². The van der Waals surface area contributed by atoms with Crippen LogP contribution in [0.1, 0.15) is 20.3 Å². The molecule has 0 aromatic heterocycles. The minimum Gasteiger partial charge on any atom is -0.298 e. The number of likely N-dealkylation sites (tertiary alicyclic amines) is 1. The first-order chi connectivity index (χ1) is 5.07. The van der Waals surface area contributed by atoms with Crippen LogP contribution in [0.3, 0.4) is 0 Å². The van der Waals surface area contributed by atoms with Crippen molar-refractivity contribution in [3.8, 4) is 6.07 Å². The number of rotatable bonds is 2. The number of hydrogen-bond donors (Lipinski definition) is 0.